The van der Waals surface area contributed by atoms with Crippen molar-refractivity contribution in [3.63, 3.8) is 0 Å². The molecule has 0 bridgehead atoms. The first-order valence-corrected chi connectivity index (χ1v) is 7.19. The molecule has 0 saturated heterocycles. The van der Waals surface area contributed by atoms with E-state index >= 15 is 0 Å². The summed E-state index contributed by atoms with van der Waals surface area (Å²) in [6.07, 6.45) is 0. The molecule has 0 radical (unpaired) electrons. The first-order chi connectivity index (χ1) is 9.74. The topological polar surface area (TPSA) is 57.0 Å². The maximum absolute atomic E-state index is 6.29. The minimum Gasteiger partial charge on any atom is -0.454 e. The summed E-state index contributed by atoms with van der Waals surface area (Å²) in [5.74, 6) is 1.58. The van der Waals surface area contributed by atoms with Gasteiger partial charge in [-0.15, -0.1) is 0 Å². The molecular formula is C15H24N2O3. The van der Waals surface area contributed by atoms with Crippen LogP contribution in [-0.4, -0.2) is 44.5 Å². The van der Waals surface area contributed by atoms with Gasteiger partial charge < -0.3 is 19.9 Å². The molecule has 1 aromatic rings. The predicted molar refractivity (Wildman–Crippen MR) is 78.1 cm³/mol. The zero-order valence-corrected chi connectivity index (χ0v) is 12.3. The Bertz CT molecular complexity index is 426. The number of nitrogens with two attached hydrogens (primary N) is 1. The first kappa shape index (κ1) is 15.1. The predicted octanol–water partition coefficient (Wildman–Crippen LogP) is 1.77. The summed E-state index contributed by atoms with van der Waals surface area (Å²) in [6.45, 7) is 8.62. The summed E-state index contributed by atoms with van der Waals surface area (Å²) >= 11 is 0. The summed E-state index contributed by atoms with van der Waals surface area (Å²) in [6, 6.07) is 5.87. The fourth-order valence-corrected chi connectivity index (χ4v) is 2.24. The van der Waals surface area contributed by atoms with Gasteiger partial charge in [0.05, 0.1) is 6.61 Å². The van der Waals surface area contributed by atoms with E-state index in [1.807, 2.05) is 25.1 Å². The number of benzene rings is 1. The zero-order chi connectivity index (χ0) is 14.4. The standard InChI is InChI=1S/C15H24N2O3/c1-3-17(7-8-18-4-2)10-13(16)12-5-6-14-15(9-12)20-11-19-14/h5-6,9,13H,3-4,7-8,10-11,16H2,1-2H3. The lowest BCUT2D eigenvalue weighted by atomic mass is 10.1. The highest BCUT2D eigenvalue weighted by atomic mass is 16.7. The van der Waals surface area contributed by atoms with Crippen LogP contribution in [0.4, 0.5) is 0 Å². The van der Waals surface area contributed by atoms with E-state index in [1.165, 1.54) is 0 Å². The maximum Gasteiger partial charge on any atom is 0.231 e. The molecule has 5 nitrogen and oxygen atoms in total. The molecule has 0 fully saturated rings. The fraction of sp³-hybridized carbons (Fsp3) is 0.600. The lowest BCUT2D eigenvalue weighted by molar-refractivity contribution is 0.113. The molecule has 0 aliphatic carbocycles. The molecule has 0 aromatic heterocycles. The second-order valence-electron chi connectivity index (χ2n) is 4.81. The third kappa shape index (κ3) is 3.85. The second-order valence-corrected chi connectivity index (χ2v) is 4.81. The van der Waals surface area contributed by atoms with Crippen LogP contribution in [0.25, 0.3) is 0 Å². The highest BCUT2D eigenvalue weighted by molar-refractivity contribution is 5.45. The average molecular weight is 280 g/mol. The largest absolute Gasteiger partial charge is 0.454 e. The van der Waals surface area contributed by atoms with E-state index in [-0.39, 0.29) is 6.04 Å². The molecule has 1 atom stereocenters. The summed E-state index contributed by atoms with van der Waals surface area (Å²) in [4.78, 5) is 2.30. The Morgan fingerprint density at radius 2 is 2.10 bits per heavy atom. The van der Waals surface area contributed by atoms with Crippen molar-refractivity contribution < 1.29 is 14.2 Å². The van der Waals surface area contributed by atoms with E-state index < -0.39 is 0 Å². The Hall–Kier alpha value is -1.30. The number of fused-ring (bicyclic) bond motifs is 1. The van der Waals surface area contributed by atoms with Crippen LogP contribution in [0.5, 0.6) is 11.5 Å². The molecule has 1 aliphatic rings. The molecule has 1 aromatic carbocycles. The van der Waals surface area contributed by atoms with E-state index in [2.05, 4.69) is 11.8 Å². The van der Waals surface area contributed by atoms with Gasteiger partial charge in [0.2, 0.25) is 6.79 Å². The summed E-state index contributed by atoms with van der Waals surface area (Å²) < 4.78 is 16.1. The minimum absolute atomic E-state index is 0.0360. The lowest BCUT2D eigenvalue weighted by Crippen LogP contribution is -2.34. The van der Waals surface area contributed by atoms with Crippen LogP contribution < -0.4 is 15.2 Å². The molecule has 0 amide bonds. The number of hydrogen-bond acceptors (Lipinski definition) is 5. The van der Waals surface area contributed by atoms with Gasteiger partial charge in [-0.2, -0.15) is 0 Å². The molecule has 1 unspecified atom stereocenters. The van der Waals surface area contributed by atoms with E-state index in [0.717, 1.165) is 49.9 Å². The van der Waals surface area contributed by atoms with Crippen molar-refractivity contribution in [2.45, 2.75) is 19.9 Å². The number of likely N-dealkylation sites (N-methyl/N-ethyl adjacent to an activating group) is 1. The van der Waals surface area contributed by atoms with E-state index in [1.54, 1.807) is 0 Å². The van der Waals surface area contributed by atoms with Crippen LogP contribution in [0, 0.1) is 0 Å². The van der Waals surface area contributed by atoms with Crippen molar-refractivity contribution in [3.05, 3.63) is 23.8 Å². The van der Waals surface area contributed by atoms with Crippen LogP contribution in [0.15, 0.2) is 18.2 Å². The molecule has 112 valence electrons. The van der Waals surface area contributed by atoms with Crippen molar-refractivity contribution in [3.8, 4) is 11.5 Å². The Kier molecular flexibility index (Phi) is 5.64. The minimum atomic E-state index is -0.0360. The van der Waals surface area contributed by atoms with Crippen LogP contribution in [0.1, 0.15) is 25.5 Å². The average Bonchev–Trinajstić information content (AvgIpc) is 2.93. The second kappa shape index (κ2) is 7.47. The Morgan fingerprint density at radius 3 is 2.85 bits per heavy atom. The molecular weight excluding hydrogens is 256 g/mol. The third-order valence-corrected chi connectivity index (χ3v) is 3.48. The number of rotatable bonds is 8. The first-order valence-electron chi connectivity index (χ1n) is 7.19. The molecule has 20 heavy (non-hydrogen) atoms. The smallest absolute Gasteiger partial charge is 0.231 e. The molecule has 0 saturated carbocycles. The van der Waals surface area contributed by atoms with Gasteiger partial charge in [0.25, 0.3) is 0 Å². The molecule has 1 heterocycles. The van der Waals surface area contributed by atoms with Crippen molar-refractivity contribution in [2.24, 2.45) is 5.73 Å². The quantitative estimate of drug-likeness (QED) is 0.736. The van der Waals surface area contributed by atoms with Crippen LogP contribution in [0.3, 0.4) is 0 Å². The van der Waals surface area contributed by atoms with Crippen LogP contribution in [-0.2, 0) is 4.74 Å². The third-order valence-electron chi connectivity index (χ3n) is 3.48. The number of nitrogens with zero attached hydrogens (tertiary/aromatic N) is 1. The van der Waals surface area contributed by atoms with Gasteiger partial charge in [0.15, 0.2) is 11.5 Å². The number of ether oxygens (including phenoxy) is 3. The molecule has 2 rings (SSSR count). The monoisotopic (exact) mass is 280 g/mol. The van der Waals surface area contributed by atoms with Crippen molar-refractivity contribution in [1.82, 2.24) is 4.90 Å². The van der Waals surface area contributed by atoms with Crippen molar-refractivity contribution in [2.75, 3.05) is 39.6 Å². The lowest BCUT2D eigenvalue weighted by Gasteiger charge is -2.24. The summed E-state index contributed by atoms with van der Waals surface area (Å²) in [5.41, 5.74) is 7.36. The molecule has 0 spiro atoms. The van der Waals surface area contributed by atoms with Gasteiger partial charge in [-0.05, 0) is 31.2 Å². The fourth-order valence-electron chi connectivity index (χ4n) is 2.24. The Balaban J connectivity index is 1.91. The van der Waals surface area contributed by atoms with Crippen molar-refractivity contribution >= 4 is 0 Å². The van der Waals surface area contributed by atoms with Crippen molar-refractivity contribution in [1.29, 1.82) is 0 Å². The normalized spacial score (nSPS) is 14.8. The molecule has 2 N–H and O–H groups in total. The Labute approximate surface area is 120 Å². The maximum atomic E-state index is 6.29. The zero-order valence-electron chi connectivity index (χ0n) is 12.3. The van der Waals surface area contributed by atoms with Crippen LogP contribution in [0.2, 0.25) is 0 Å². The summed E-state index contributed by atoms with van der Waals surface area (Å²) in [5, 5.41) is 0. The van der Waals surface area contributed by atoms with E-state index in [4.69, 9.17) is 19.9 Å². The van der Waals surface area contributed by atoms with Gasteiger partial charge in [-0.25, -0.2) is 0 Å². The SMILES string of the molecule is CCOCCN(CC)CC(N)c1ccc2c(c1)OCO2. The van der Waals surface area contributed by atoms with Gasteiger partial charge >= 0.3 is 0 Å². The summed E-state index contributed by atoms with van der Waals surface area (Å²) in [7, 11) is 0. The highest BCUT2D eigenvalue weighted by Crippen LogP contribution is 2.33. The van der Waals surface area contributed by atoms with Gasteiger partial charge in [0, 0.05) is 25.7 Å². The van der Waals surface area contributed by atoms with Gasteiger partial charge in [-0.3, -0.25) is 4.90 Å². The van der Waals surface area contributed by atoms with E-state index in [0.29, 0.717) is 6.79 Å². The highest BCUT2D eigenvalue weighted by Gasteiger charge is 2.17. The molecule has 1 aliphatic heterocycles. The Morgan fingerprint density at radius 1 is 1.30 bits per heavy atom. The van der Waals surface area contributed by atoms with E-state index in [9.17, 15) is 0 Å². The number of hydrogen-bond donors (Lipinski definition) is 1. The van der Waals surface area contributed by atoms with Crippen LogP contribution >= 0.6 is 0 Å². The molecule has 5 heteroatoms. The van der Waals surface area contributed by atoms with Gasteiger partial charge in [-0.1, -0.05) is 13.0 Å². The van der Waals surface area contributed by atoms with Gasteiger partial charge in [0.1, 0.15) is 0 Å².